The lowest BCUT2D eigenvalue weighted by Gasteiger charge is -2.17. The molecule has 0 aromatic heterocycles. The standard InChI is InChI=1S/C14H25NO3/c1-8(2)7-9(12(17)18)15-11(16)10-13(3,4)14(10,5)6/h8-10H,7H2,1-6H3,(H,15,16)(H,17,18). The maximum Gasteiger partial charge on any atom is 0.326 e. The largest absolute Gasteiger partial charge is 0.480 e. The van der Waals surface area contributed by atoms with Crippen molar-refractivity contribution in [2.75, 3.05) is 0 Å². The molecule has 18 heavy (non-hydrogen) atoms. The molecule has 1 fully saturated rings. The van der Waals surface area contributed by atoms with Gasteiger partial charge < -0.3 is 10.4 Å². The Hall–Kier alpha value is -1.06. The van der Waals surface area contributed by atoms with Gasteiger partial charge in [0.1, 0.15) is 6.04 Å². The summed E-state index contributed by atoms with van der Waals surface area (Å²) in [6, 6.07) is -0.773. The van der Waals surface area contributed by atoms with Crippen molar-refractivity contribution in [3.05, 3.63) is 0 Å². The Morgan fingerprint density at radius 2 is 1.61 bits per heavy atom. The van der Waals surface area contributed by atoms with Crippen LogP contribution in [0.1, 0.15) is 48.0 Å². The van der Waals surface area contributed by atoms with Gasteiger partial charge in [0.05, 0.1) is 0 Å². The fourth-order valence-electron chi connectivity index (χ4n) is 2.80. The smallest absolute Gasteiger partial charge is 0.326 e. The lowest BCUT2D eigenvalue weighted by Crippen LogP contribution is -2.43. The fourth-order valence-corrected chi connectivity index (χ4v) is 2.80. The van der Waals surface area contributed by atoms with Crippen LogP contribution in [0, 0.1) is 22.7 Å². The van der Waals surface area contributed by atoms with Crippen molar-refractivity contribution >= 4 is 11.9 Å². The number of aliphatic carboxylic acids is 1. The van der Waals surface area contributed by atoms with Crippen LogP contribution in [-0.2, 0) is 9.59 Å². The number of carboxylic acid groups (broad SMARTS) is 1. The van der Waals surface area contributed by atoms with Crippen LogP contribution >= 0.6 is 0 Å². The number of hydrogen-bond donors (Lipinski definition) is 2. The molecule has 0 saturated heterocycles. The van der Waals surface area contributed by atoms with E-state index in [0.29, 0.717) is 6.42 Å². The molecule has 0 bridgehead atoms. The minimum Gasteiger partial charge on any atom is -0.480 e. The maximum atomic E-state index is 12.2. The predicted octanol–water partition coefficient (Wildman–Crippen LogP) is 2.28. The van der Waals surface area contributed by atoms with Gasteiger partial charge in [-0.25, -0.2) is 4.79 Å². The molecule has 4 heteroatoms. The van der Waals surface area contributed by atoms with Crippen molar-refractivity contribution in [2.45, 2.75) is 54.0 Å². The average Bonchev–Trinajstić information content (AvgIpc) is 2.54. The molecule has 2 N–H and O–H groups in total. The Kier molecular flexibility index (Phi) is 3.80. The van der Waals surface area contributed by atoms with Gasteiger partial charge in [0.25, 0.3) is 0 Å². The molecular formula is C14H25NO3. The third-order valence-electron chi connectivity index (χ3n) is 4.60. The predicted molar refractivity (Wildman–Crippen MR) is 70.1 cm³/mol. The van der Waals surface area contributed by atoms with Crippen molar-refractivity contribution in [3.63, 3.8) is 0 Å². The molecule has 1 unspecified atom stereocenters. The molecule has 0 heterocycles. The Labute approximate surface area is 109 Å². The highest BCUT2D eigenvalue weighted by atomic mass is 16.4. The van der Waals surface area contributed by atoms with Crippen LogP contribution in [0.2, 0.25) is 0 Å². The van der Waals surface area contributed by atoms with Crippen LogP contribution in [-0.4, -0.2) is 23.0 Å². The van der Waals surface area contributed by atoms with E-state index in [1.54, 1.807) is 0 Å². The molecule has 4 nitrogen and oxygen atoms in total. The monoisotopic (exact) mass is 255 g/mol. The number of nitrogens with one attached hydrogen (secondary N) is 1. The lowest BCUT2D eigenvalue weighted by atomic mass is 10.0. The van der Waals surface area contributed by atoms with Gasteiger partial charge in [-0.2, -0.15) is 0 Å². The van der Waals surface area contributed by atoms with E-state index in [2.05, 4.69) is 33.0 Å². The van der Waals surface area contributed by atoms with E-state index >= 15 is 0 Å². The van der Waals surface area contributed by atoms with Gasteiger partial charge in [-0.15, -0.1) is 0 Å². The van der Waals surface area contributed by atoms with E-state index < -0.39 is 12.0 Å². The van der Waals surface area contributed by atoms with Crippen LogP contribution in [0.5, 0.6) is 0 Å². The zero-order valence-electron chi connectivity index (χ0n) is 12.2. The van der Waals surface area contributed by atoms with Crippen molar-refractivity contribution in [3.8, 4) is 0 Å². The second-order valence-electron chi connectivity index (χ2n) is 6.91. The summed E-state index contributed by atoms with van der Waals surface area (Å²) in [6.45, 7) is 12.1. The van der Waals surface area contributed by atoms with Crippen molar-refractivity contribution < 1.29 is 14.7 Å². The summed E-state index contributed by atoms with van der Waals surface area (Å²) in [5.74, 6) is -0.933. The van der Waals surface area contributed by atoms with E-state index in [4.69, 9.17) is 5.11 Å². The van der Waals surface area contributed by atoms with E-state index in [1.165, 1.54) is 0 Å². The first kappa shape index (κ1) is 15.0. The highest BCUT2D eigenvalue weighted by Gasteiger charge is 2.68. The first-order chi connectivity index (χ1) is 8.01. The van der Waals surface area contributed by atoms with Crippen molar-refractivity contribution in [2.24, 2.45) is 22.7 Å². The molecule has 0 aromatic carbocycles. The SMILES string of the molecule is CC(C)CC(NC(=O)C1C(C)(C)C1(C)C)C(=O)O. The van der Waals surface area contributed by atoms with Crippen LogP contribution in [0.15, 0.2) is 0 Å². The molecule has 1 amide bonds. The van der Waals surface area contributed by atoms with Crippen molar-refractivity contribution in [1.82, 2.24) is 5.32 Å². The second kappa shape index (κ2) is 4.56. The third kappa shape index (κ3) is 2.52. The number of rotatable bonds is 5. The summed E-state index contributed by atoms with van der Waals surface area (Å²) in [5, 5.41) is 11.8. The first-order valence-electron chi connectivity index (χ1n) is 6.55. The maximum absolute atomic E-state index is 12.2. The van der Waals surface area contributed by atoms with Gasteiger partial charge in [0.2, 0.25) is 5.91 Å². The van der Waals surface area contributed by atoms with E-state index in [0.717, 1.165) is 0 Å². The van der Waals surface area contributed by atoms with E-state index in [9.17, 15) is 9.59 Å². The zero-order chi connectivity index (χ0) is 14.3. The van der Waals surface area contributed by atoms with Crippen LogP contribution in [0.25, 0.3) is 0 Å². The summed E-state index contributed by atoms with van der Waals surface area (Å²) < 4.78 is 0. The minimum absolute atomic E-state index is 0.0576. The summed E-state index contributed by atoms with van der Waals surface area (Å²) in [6.07, 6.45) is 0.467. The van der Waals surface area contributed by atoms with Crippen LogP contribution in [0.3, 0.4) is 0 Å². The summed E-state index contributed by atoms with van der Waals surface area (Å²) >= 11 is 0. The molecule has 0 aromatic rings. The van der Waals surface area contributed by atoms with Crippen LogP contribution in [0.4, 0.5) is 0 Å². The van der Waals surface area contributed by atoms with Gasteiger partial charge in [-0.1, -0.05) is 41.5 Å². The van der Waals surface area contributed by atoms with E-state index in [1.807, 2.05) is 13.8 Å². The molecule has 1 aliphatic carbocycles. The van der Waals surface area contributed by atoms with E-state index in [-0.39, 0.29) is 28.6 Å². The molecule has 1 aliphatic rings. The summed E-state index contributed by atoms with van der Waals surface area (Å²) in [4.78, 5) is 23.3. The number of carbonyl (C=O) groups is 2. The highest BCUT2D eigenvalue weighted by Crippen LogP contribution is 2.68. The van der Waals surface area contributed by atoms with Crippen LogP contribution < -0.4 is 5.32 Å². The quantitative estimate of drug-likeness (QED) is 0.792. The van der Waals surface area contributed by atoms with Gasteiger partial charge in [-0.05, 0) is 23.2 Å². The first-order valence-corrected chi connectivity index (χ1v) is 6.55. The Morgan fingerprint density at radius 3 is 1.89 bits per heavy atom. The lowest BCUT2D eigenvalue weighted by molar-refractivity contribution is -0.142. The third-order valence-corrected chi connectivity index (χ3v) is 4.60. The molecule has 104 valence electrons. The number of hydrogen-bond acceptors (Lipinski definition) is 2. The molecule has 1 atom stereocenters. The number of amides is 1. The number of carbonyl (C=O) groups excluding carboxylic acids is 1. The minimum atomic E-state index is -0.951. The van der Waals surface area contributed by atoms with Gasteiger partial charge in [0, 0.05) is 5.92 Å². The Bertz CT molecular complexity index is 344. The highest BCUT2D eigenvalue weighted by molar-refractivity contribution is 5.88. The van der Waals surface area contributed by atoms with Gasteiger partial charge in [-0.3, -0.25) is 4.79 Å². The second-order valence-corrected chi connectivity index (χ2v) is 6.91. The van der Waals surface area contributed by atoms with Crippen molar-refractivity contribution in [1.29, 1.82) is 0 Å². The molecule has 0 radical (unpaired) electrons. The molecular weight excluding hydrogens is 230 g/mol. The number of carboxylic acids is 1. The zero-order valence-corrected chi connectivity index (χ0v) is 12.2. The summed E-state index contributed by atoms with van der Waals surface area (Å²) in [5.41, 5.74) is -0.115. The average molecular weight is 255 g/mol. The molecule has 1 saturated carbocycles. The Morgan fingerprint density at radius 1 is 1.17 bits per heavy atom. The summed E-state index contributed by atoms with van der Waals surface area (Å²) in [7, 11) is 0. The normalized spacial score (nSPS) is 22.6. The molecule has 1 rings (SSSR count). The van der Waals surface area contributed by atoms with Gasteiger partial charge >= 0.3 is 5.97 Å². The molecule has 0 spiro atoms. The fraction of sp³-hybridized carbons (Fsp3) is 0.857. The Balaban J connectivity index is 2.67. The van der Waals surface area contributed by atoms with Gasteiger partial charge in [0.15, 0.2) is 0 Å². The molecule has 0 aliphatic heterocycles. The topological polar surface area (TPSA) is 66.4 Å².